The van der Waals surface area contributed by atoms with Crippen molar-refractivity contribution >= 4 is 5.78 Å². The topological polar surface area (TPSA) is 30.2 Å². The van der Waals surface area contributed by atoms with Crippen LogP contribution in [0.5, 0.6) is 0 Å². The highest BCUT2D eigenvalue weighted by molar-refractivity contribution is 5.91. The lowest BCUT2D eigenvalue weighted by atomic mass is 10.3. The van der Waals surface area contributed by atoms with Gasteiger partial charge in [0.15, 0.2) is 11.5 Å². The third kappa shape index (κ3) is 1.26. The number of Topliss-reactive ketones (excluding diaryl/α,β-unsaturated/α-hetero) is 1. The number of furan rings is 1. The first-order valence-corrected chi connectivity index (χ1v) is 3.33. The van der Waals surface area contributed by atoms with Crippen molar-refractivity contribution in [2.75, 3.05) is 0 Å². The Hall–Kier alpha value is -1.05. The second-order valence-electron chi connectivity index (χ2n) is 2.18. The van der Waals surface area contributed by atoms with E-state index in [4.69, 9.17) is 4.42 Å². The molecule has 0 spiro atoms. The molecule has 0 unspecified atom stereocenters. The predicted molar refractivity (Wildman–Crippen MR) is 38.1 cm³/mol. The van der Waals surface area contributed by atoms with Crippen LogP contribution in [0, 0.1) is 0 Å². The lowest BCUT2D eigenvalue weighted by Crippen LogP contribution is -1.86. The van der Waals surface area contributed by atoms with E-state index in [0.29, 0.717) is 5.76 Å². The highest BCUT2D eigenvalue weighted by Gasteiger charge is 2.03. The van der Waals surface area contributed by atoms with Gasteiger partial charge in [-0.2, -0.15) is 0 Å². The van der Waals surface area contributed by atoms with Gasteiger partial charge in [-0.25, -0.2) is 0 Å². The van der Waals surface area contributed by atoms with Crippen LogP contribution in [0.1, 0.15) is 30.2 Å². The minimum Gasteiger partial charge on any atom is -0.458 e. The fraction of sp³-hybridized carbons (Fsp3) is 0.375. The molecule has 0 aliphatic heterocycles. The van der Waals surface area contributed by atoms with Gasteiger partial charge < -0.3 is 4.42 Å². The minimum atomic E-state index is -0.0142. The summed E-state index contributed by atoms with van der Waals surface area (Å²) in [6.07, 6.45) is 0.841. The smallest absolute Gasteiger partial charge is 0.194 e. The molecule has 1 aromatic heterocycles. The number of aryl methyl sites for hydroxylation is 1. The van der Waals surface area contributed by atoms with E-state index >= 15 is 0 Å². The van der Waals surface area contributed by atoms with Crippen LogP contribution in [0.25, 0.3) is 0 Å². The summed E-state index contributed by atoms with van der Waals surface area (Å²) >= 11 is 0. The SMILES string of the molecule is CCc1ccc(C(C)=O)o1. The van der Waals surface area contributed by atoms with E-state index in [1.54, 1.807) is 6.07 Å². The summed E-state index contributed by atoms with van der Waals surface area (Å²) in [5.41, 5.74) is 0. The van der Waals surface area contributed by atoms with Crippen LogP contribution in [0.4, 0.5) is 0 Å². The van der Waals surface area contributed by atoms with E-state index in [1.807, 2.05) is 13.0 Å². The monoisotopic (exact) mass is 138 g/mol. The summed E-state index contributed by atoms with van der Waals surface area (Å²) in [4.78, 5) is 10.7. The quantitative estimate of drug-likeness (QED) is 0.585. The van der Waals surface area contributed by atoms with Crippen LogP contribution in [0.3, 0.4) is 0 Å². The molecule has 1 heterocycles. The zero-order valence-corrected chi connectivity index (χ0v) is 6.18. The second kappa shape index (κ2) is 2.69. The molecule has 0 aliphatic rings. The lowest BCUT2D eigenvalue weighted by Gasteiger charge is -1.86. The molecule has 2 heteroatoms. The van der Waals surface area contributed by atoms with Gasteiger partial charge in [-0.15, -0.1) is 0 Å². The average Bonchev–Trinajstić information content (AvgIpc) is 2.34. The maximum absolute atomic E-state index is 10.7. The highest BCUT2D eigenvalue weighted by atomic mass is 16.3. The fourth-order valence-electron chi connectivity index (χ4n) is 0.757. The molecule has 0 aromatic carbocycles. The van der Waals surface area contributed by atoms with E-state index in [2.05, 4.69) is 0 Å². The molecule has 0 saturated heterocycles. The van der Waals surface area contributed by atoms with Gasteiger partial charge in [0.05, 0.1) is 0 Å². The van der Waals surface area contributed by atoms with Gasteiger partial charge in [0, 0.05) is 13.3 Å². The van der Waals surface area contributed by atoms with Crippen molar-refractivity contribution in [2.24, 2.45) is 0 Å². The van der Waals surface area contributed by atoms with E-state index in [0.717, 1.165) is 12.2 Å². The van der Waals surface area contributed by atoms with Gasteiger partial charge in [-0.1, -0.05) is 6.92 Å². The first kappa shape index (κ1) is 7.06. The molecule has 0 amide bonds. The van der Waals surface area contributed by atoms with Gasteiger partial charge >= 0.3 is 0 Å². The Morgan fingerprint density at radius 2 is 2.30 bits per heavy atom. The Labute approximate surface area is 59.8 Å². The van der Waals surface area contributed by atoms with Crippen molar-refractivity contribution in [1.82, 2.24) is 0 Å². The van der Waals surface area contributed by atoms with Crippen LogP contribution in [0.2, 0.25) is 0 Å². The Morgan fingerprint density at radius 1 is 1.60 bits per heavy atom. The molecule has 0 N–H and O–H groups in total. The number of carbonyl (C=O) groups excluding carboxylic acids is 1. The maximum atomic E-state index is 10.7. The number of rotatable bonds is 2. The number of hydrogen-bond acceptors (Lipinski definition) is 2. The standard InChI is InChI=1S/C8H10O2/c1-3-7-4-5-8(10-7)6(2)9/h4-5H,3H2,1-2H3. The molecule has 0 saturated carbocycles. The first-order valence-electron chi connectivity index (χ1n) is 3.33. The maximum Gasteiger partial charge on any atom is 0.194 e. The summed E-state index contributed by atoms with van der Waals surface area (Å²) in [7, 11) is 0. The van der Waals surface area contributed by atoms with E-state index < -0.39 is 0 Å². The number of hydrogen-bond donors (Lipinski definition) is 0. The second-order valence-corrected chi connectivity index (χ2v) is 2.18. The largest absolute Gasteiger partial charge is 0.458 e. The van der Waals surface area contributed by atoms with Crippen molar-refractivity contribution in [3.63, 3.8) is 0 Å². The van der Waals surface area contributed by atoms with E-state index in [1.165, 1.54) is 6.92 Å². The molecule has 1 rings (SSSR count). The number of ketones is 1. The van der Waals surface area contributed by atoms with Crippen LogP contribution >= 0.6 is 0 Å². The molecule has 0 bridgehead atoms. The Bertz CT molecular complexity index is 235. The number of carbonyl (C=O) groups is 1. The van der Waals surface area contributed by atoms with Crippen molar-refractivity contribution in [2.45, 2.75) is 20.3 Å². The Balaban J connectivity index is 2.88. The molecular formula is C8H10O2. The van der Waals surface area contributed by atoms with Gasteiger partial charge in [0.25, 0.3) is 0 Å². The summed E-state index contributed by atoms with van der Waals surface area (Å²) in [5.74, 6) is 1.31. The molecular weight excluding hydrogens is 128 g/mol. The van der Waals surface area contributed by atoms with E-state index in [-0.39, 0.29) is 5.78 Å². The van der Waals surface area contributed by atoms with Gasteiger partial charge in [0.2, 0.25) is 0 Å². The molecule has 0 radical (unpaired) electrons. The van der Waals surface area contributed by atoms with E-state index in [9.17, 15) is 4.79 Å². The molecule has 1 aromatic rings. The van der Waals surface area contributed by atoms with Crippen molar-refractivity contribution in [3.8, 4) is 0 Å². The summed E-state index contributed by atoms with van der Waals surface area (Å²) in [6.45, 7) is 3.49. The summed E-state index contributed by atoms with van der Waals surface area (Å²) in [5, 5.41) is 0. The Kier molecular flexibility index (Phi) is 1.90. The van der Waals surface area contributed by atoms with Crippen molar-refractivity contribution < 1.29 is 9.21 Å². The predicted octanol–water partition coefficient (Wildman–Crippen LogP) is 2.04. The molecule has 0 fully saturated rings. The molecule has 10 heavy (non-hydrogen) atoms. The van der Waals surface area contributed by atoms with Crippen molar-refractivity contribution in [1.29, 1.82) is 0 Å². The molecule has 0 atom stereocenters. The zero-order valence-electron chi connectivity index (χ0n) is 6.18. The summed E-state index contributed by atoms with van der Waals surface area (Å²) < 4.78 is 5.14. The molecule has 0 aliphatic carbocycles. The van der Waals surface area contributed by atoms with Crippen LogP contribution in [0.15, 0.2) is 16.5 Å². The minimum absolute atomic E-state index is 0.0142. The van der Waals surface area contributed by atoms with Crippen molar-refractivity contribution in [3.05, 3.63) is 23.7 Å². The Morgan fingerprint density at radius 3 is 2.60 bits per heavy atom. The summed E-state index contributed by atoms with van der Waals surface area (Å²) in [6, 6.07) is 3.54. The van der Waals surface area contributed by atoms with Gasteiger partial charge in [-0.05, 0) is 12.1 Å². The van der Waals surface area contributed by atoms with Crippen LogP contribution < -0.4 is 0 Å². The average molecular weight is 138 g/mol. The molecule has 2 nitrogen and oxygen atoms in total. The first-order chi connectivity index (χ1) is 4.74. The van der Waals surface area contributed by atoms with Gasteiger partial charge in [0.1, 0.15) is 5.76 Å². The fourth-order valence-corrected chi connectivity index (χ4v) is 0.757. The molecule has 54 valence electrons. The normalized spacial score (nSPS) is 9.80. The zero-order chi connectivity index (χ0) is 7.56. The van der Waals surface area contributed by atoms with Gasteiger partial charge in [-0.3, -0.25) is 4.79 Å². The van der Waals surface area contributed by atoms with Crippen LogP contribution in [-0.2, 0) is 6.42 Å². The third-order valence-electron chi connectivity index (χ3n) is 1.36. The third-order valence-corrected chi connectivity index (χ3v) is 1.36. The lowest BCUT2D eigenvalue weighted by molar-refractivity contribution is 0.0985. The highest BCUT2D eigenvalue weighted by Crippen LogP contribution is 2.08. The van der Waals surface area contributed by atoms with Crippen LogP contribution in [-0.4, -0.2) is 5.78 Å².